The Hall–Kier alpha value is -1.63. The summed E-state index contributed by atoms with van der Waals surface area (Å²) in [5, 5.41) is 6.20. The molecule has 1 atom stereocenters. The third kappa shape index (κ3) is 4.19. The third-order valence-electron chi connectivity index (χ3n) is 3.79. The standard InChI is InChI=1S/C16H24N2O4/c1-20-8-9-22-14-5-3-4-13(10-14)18-15(19)16(12-21-2)6-7-17-11-16/h3-5,10,17H,6-9,11-12H2,1-2H3,(H,18,19). The molecule has 1 unspecified atom stereocenters. The summed E-state index contributed by atoms with van der Waals surface area (Å²) in [7, 11) is 3.25. The van der Waals surface area contributed by atoms with E-state index in [-0.39, 0.29) is 5.91 Å². The lowest BCUT2D eigenvalue weighted by Gasteiger charge is -2.26. The van der Waals surface area contributed by atoms with E-state index < -0.39 is 5.41 Å². The molecule has 1 fully saturated rings. The smallest absolute Gasteiger partial charge is 0.234 e. The van der Waals surface area contributed by atoms with Gasteiger partial charge in [0, 0.05) is 32.5 Å². The molecule has 2 rings (SSSR count). The van der Waals surface area contributed by atoms with E-state index in [1.54, 1.807) is 14.2 Å². The minimum absolute atomic E-state index is 0.0200. The van der Waals surface area contributed by atoms with Gasteiger partial charge < -0.3 is 24.8 Å². The normalized spacial score (nSPS) is 20.8. The molecule has 6 nitrogen and oxygen atoms in total. The number of methoxy groups -OCH3 is 2. The molecule has 122 valence electrons. The molecule has 1 heterocycles. The second kappa shape index (κ2) is 8.12. The zero-order chi connectivity index (χ0) is 15.8. The second-order valence-electron chi connectivity index (χ2n) is 5.46. The quantitative estimate of drug-likeness (QED) is 0.708. The first-order chi connectivity index (χ1) is 10.7. The number of rotatable bonds is 8. The van der Waals surface area contributed by atoms with Crippen molar-refractivity contribution in [2.75, 3.05) is 52.4 Å². The molecule has 1 aromatic rings. The molecule has 1 amide bonds. The lowest BCUT2D eigenvalue weighted by Crippen LogP contribution is -2.41. The molecular formula is C16H24N2O4. The molecule has 2 N–H and O–H groups in total. The van der Waals surface area contributed by atoms with Gasteiger partial charge in [-0.05, 0) is 25.1 Å². The minimum Gasteiger partial charge on any atom is -0.491 e. The Balaban J connectivity index is 2.00. The first-order valence-electron chi connectivity index (χ1n) is 7.43. The van der Waals surface area contributed by atoms with Gasteiger partial charge in [0.15, 0.2) is 0 Å². The Labute approximate surface area is 131 Å². The Kier molecular flexibility index (Phi) is 6.18. The number of ether oxygens (including phenoxy) is 3. The van der Waals surface area contributed by atoms with E-state index in [4.69, 9.17) is 14.2 Å². The number of nitrogens with one attached hydrogen (secondary N) is 2. The Morgan fingerprint density at radius 3 is 2.86 bits per heavy atom. The number of hydrogen-bond acceptors (Lipinski definition) is 5. The van der Waals surface area contributed by atoms with Gasteiger partial charge in [-0.3, -0.25) is 4.79 Å². The summed E-state index contributed by atoms with van der Waals surface area (Å²) in [6.45, 7) is 2.88. The van der Waals surface area contributed by atoms with Crippen LogP contribution in [0.15, 0.2) is 24.3 Å². The SMILES string of the molecule is COCCOc1cccc(NC(=O)C2(COC)CCNC2)c1. The monoisotopic (exact) mass is 308 g/mol. The summed E-state index contributed by atoms with van der Waals surface area (Å²) >= 11 is 0. The van der Waals surface area contributed by atoms with Crippen LogP contribution in [0.4, 0.5) is 5.69 Å². The number of hydrogen-bond donors (Lipinski definition) is 2. The highest BCUT2D eigenvalue weighted by molar-refractivity contribution is 5.96. The number of carbonyl (C=O) groups excluding carboxylic acids is 1. The highest BCUT2D eigenvalue weighted by Gasteiger charge is 2.41. The van der Waals surface area contributed by atoms with Crippen molar-refractivity contribution in [1.82, 2.24) is 5.32 Å². The van der Waals surface area contributed by atoms with E-state index in [1.807, 2.05) is 24.3 Å². The maximum absolute atomic E-state index is 12.6. The average Bonchev–Trinajstić information content (AvgIpc) is 2.98. The maximum Gasteiger partial charge on any atom is 0.234 e. The lowest BCUT2D eigenvalue weighted by molar-refractivity contribution is -0.127. The Morgan fingerprint density at radius 2 is 2.18 bits per heavy atom. The molecule has 22 heavy (non-hydrogen) atoms. The van der Waals surface area contributed by atoms with Crippen molar-refractivity contribution in [2.45, 2.75) is 6.42 Å². The molecule has 0 spiro atoms. The molecular weight excluding hydrogens is 284 g/mol. The van der Waals surface area contributed by atoms with Crippen LogP contribution in [-0.4, -0.2) is 53.0 Å². The first kappa shape index (κ1) is 16.7. The molecule has 0 bridgehead atoms. The van der Waals surface area contributed by atoms with Gasteiger partial charge in [0.2, 0.25) is 5.91 Å². The predicted octanol–water partition coefficient (Wildman–Crippen LogP) is 1.28. The molecule has 0 saturated carbocycles. The molecule has 0 aliphatic carbocycles. The topological polar surface area (TPSA) is 68.8 Å². The van der Waals surface area contributed by atoms with Crippen LogP contribution in [0.25, 0.3) is 0 Å². The Morgan fingerprint density at radius 1 is 1.32 bits per heavy atom. The zero-order valence-electron chi connectivity index (χ0n) is 13.2. The van der Waals surface area contributed by atoms with E-state index in [2.05, 4.69) is 10.6 Å². The van der Waals surface area contributed by atoms with Crippen molar-refractivity contribution in [3.8, 4) is 5.75 Å². The van der Waals surface area contributed by atoms with Gasteiger partial charge in [0.25, 0.3) is 0 Å². The third-order valence-corrected chi connectivity index (χ3v) is 3.79. The van der Waals surface area contributed by atoms with Gasteiger partial charge in [-0.1, -0.05) is 6.07 Å². The summed E-state index contributed by atoms with van der Waals surface area (Å²) in [4.78, 5) is 12.6. The molecule has 1 saturated heterocycles. The fourth-order valence-corrected chi connectivity index (χ4v) is 2.57. The fraction of sp³-hybridized carbons (Fsp3) is 0.562. The average molecular weight is 308 g/mol. The minimum atomic E-state index is -0.498. The van der Waals surface area contributed by atoms with Crippen molar-refractivity contribution < 1.29 is 19.0 Å². The number of benzene rings is 1. The van der Waals surface area contributed by atoms with E-state index in [0.717, 1.165) is 18.7 Å². The van der Waals surface area contributed by atoms with Crippen molar-refractivity contribution in [3.05, 3.63) is 24.3 Å². The van der Waals surface area contributed by atoms with Gasteiger partial charge in [0.1, 0.15) is 12.4 Å². The fourth-order valence-electron chi connectivity index (χ4n) is 2.57. The summed E-state index contributed by atoms with van der Waals surface area (Å²) < 4.78 is 15.7. The Bertz CT molecular complexity index is 487. The molecule has 0 radical (unpaired) electrons. The van der Waals surface area contributed by atoms with E-state index >= 15 is 0 Å². The van der Waals surface area contributed by atoms with Crippen molar-refractivity contribution in [3.63, 3.8) is 0 Å². The van der Waals surface area contributed by atoms with E-state index in [9.17, 15) is 4.79 Å². The van der Waals surface area contributed by atoms with Crippen molar-refractivity contribution in [1.29, 1.82) is 0 Å². The molecule has 0 aromatic heterocycles. The molecule has 6 heteroatoms. The second-order valence-corrected chi connectivity index (χ2v) is 5.46. The van der Waals surface area contributed by atoms with Crippen LogP contribution in [0.2, 0.25) is 0 Å². The van der Waals surface area contributed by atoms with Crippen molar-refractivity contribution >= 4 is 11.6 Å². The summed E-state index contributed by atoms with van der Waals surface area (Å²) in [5.74, 6) is 0.688. The highest BCUT2D eigenvalue weighted by Crippen LogP contribution is 2.28. The summed E-state index contributed by atoms with van der Waals surface area (Å²) in [6, 6.07) is 7.38. The number of carbonyl (C=O) groups is 1. The van der Waals surface area contributed by atoms with Crippen LogP contribution in [-0.2, 0) is 14.3 Å². The predicted molar refractivity (Wildman–Crippen MR) is 84.2 cm³/mol. The maximum atomic E-state index is 12.6. The van der Waals surface area contributed by atoms with Gasteiger partial charge >= 0.3 is 0 Å². The zero-order valence-corrected chi connectivity index (χ0v) is 13.2. The highest BCUT2D eigenvalue weighted by atomic mass is 16.5. The molecule has 1 aromatic carbocycles. The van der Waals surface area contributed by atoms with Crippen LogP contribution in [0.5, 0.6) is 5.75 Å². The van der Waals surface area contributed by atoms with E-state index in [0.29, 0.717) is 32.1 Å². The largest absolute Gasteiger partial charge is 0.491 e. The van der Waals surface area contributed by atoms with Crippen molar-refractivity contribution in [2.24, 2.45) is 5.41 Å². The van der Waals surface area contributed by atoms with Crippen LogP contribution in [0.3, 0.4) is 0 Å². The van der Waals surface area contributed by atoms with Gasteiger partial charge in [0.05, 0.1) is 18.6 Å². The number of amides is 1. The van der Waals surface area contributed by atoms with Crippen LogP contribution in [0, 0.1) is 5.41 Å². The summed E-state index contributed by atoms with van der Waals surface area (Å²) in [5.41, 5.74) is 0.226. The first-order valence-corrected chi connectivity index (χ1v) is 7.43. The molecule has 1 aliphatic heterocycles. The lowest BCUT2D eigenvalue weighted by atomic mass is 9.87. The van der Waals surface area contributed by atoms with Crippen LogP contribution in [0.1, 0.15) is 6.42 Å². The molecule has 1 aliphatic rings. The summed E-state index contributed by atoms with van der Waals surface area (Å²) in [6.07, 6.45) is 0.775. The van der Waals surface area contributed by atoms with Gasteiger partial charge in [-0.15, -0.1) is 0 Å². The van der Waals surface area contributed by atoms with Gasteiger partial charge in [-0.25, -0.2) is 0 Å². The van der Waals surface area contributed by atoms with E-state index in [1.165, 1.54) is 0 Å². The van der Waals surface area contributed by atoms with Gasteiger partial charge in [-0.2, -0.15) is 0 Å². The number of anilines is 1. The van der Waals surface area contributed by atoms with Crippen LogP contribution < -0.4 is 15.4 Å². The van der Waals surface area contributed by atoms with Crippen LogP contribution >= 0.6 is 0 Å².